The molecule has 0 fully saturated rings. The molecule has 0 bridgehead atoms. The van der Waals surface area contributed by atoms with Gasteiger partial charge in [-0.1, -0.05) is 43.0 Å². The maximum absolute atomic E-state index is 13.7. The molecule has 1 atom stereocenters. The number of hydrogen-bond acceptors (Lipinski definition) is 7. The first-order valence-corrected chi connectivity index (χ1v) is 12.0. The zero-order valence-electron chi connectivity index (χ0n) is 17.9. The van der Waals surface area contributed by atoms with E-state index in [4.69, 9.17) is 9.47 Å². The third-order valence-electron chi connectivity index (χ3n) is 4.67. The normalized spacial score (nSPS) is 11.8. The van der Waals surface area contributed by atoms with Crippen LogP contribution in [0.5, 0.6) is 5.75 Å². The predicted octanol–water partition coefficient (Wildman–Crippen LogP) is 3.56. The minimum absolute atomic E-state index is 0.125. The lowest BCUT2D eigenvalue weighted by molar-refractivity contribution is -0.137. The van der Waals surface area contributed by atoms with Crippen LogP contribution in [0.25, 0.3) is 0 Å². The summed E-state index contributed by atoms with van der Waals surface area (Å²) in [6, 6.07) is 17.4. The first kappa shape index (κ1) is 24.0. The fraction of sp³-hybridized carbons (Fsp3) is 0.130. The van der Waals surface area contributed by atoms with Crippen LogP contribution in [0.4, 0.5) is 0 Å². The van der Waals surface area contributed by atoms with E-state index in [0.29, 0.717) is 16.2 Å². The van der Waals surface area contributed by atoms with Gasteiger partial charge in [0, 0.05) is 0 Å². The van der Waals surface area contributed by atoms with Crippen molar-refractivity contribution >= 4 is 33.2 Å². The Morgan fingerprint density at radius 3 is 2.21 bits per heavy atom. The number of methoxy groups -OCH3 is 2. The highest BCUT2D eigenvalue weighted by atomic mass is 32.2. The molecule has 2 aromatic carbocycles. The number of amides is 1. The average Bonchev–Trinajstić information content (AvgIpc) is 3.38. The third kappa shape index (κ3) is 5.24. The molecule has 0 aliphatic carbocycles. The van der Waals surface area contributed by atoms with Crippen molar-refractivity contribution in [3.63, 3.8) is 0 Å². The maximum Gasteiger partial charge on any atom is 0.354 e. The van der Waals surface area contributed by atoms with Gasteiger partial charge in [-0.2, -0.15) is 0 Å². The first-order chi connectivity index (χ1) is 15.8. The lowest BCUT2D eigenvalue weighted by Gasteiger charge is -2.33. The SMILES string of the molecule is C=C(C(=O)OC)N(C(NC(=O)c1cccs1)c1ccccc1)S(=O)(=O)c1ccc(OC)cc1. The van der Waals surface area contributed by atoms with Crippen LogP contribution in [0.2, 0.25) is 0 Å². The largest absolute Gasteiger partial charge is 0.497 e. The second-order valence-electron chi connectivity index (χ2n) is 6.68. The molecule has 0 aliphatic heterocycles. The molecule has 1 heterocycles. The lowest BCUT2D eigenvalue weighted by Crippen LogP contribution is -2.45. The van der Waals surface area contributed by atoms with E-state index >= 15 is 0 Å². The average molecular weight is 487 g/mol. The molecule has 33 heavy (non-hydrogen) atoms. The van der Waals surface area contributed by atoms with Crippen molar-refractivity contribution < 1.29 is 27.5 Å². The van der Waals surface area contributed by atoms with Crippen LogP contribution in [0.3, 0.4) is 0 Å². The van der Waals surface area contributed by atoms with Gasteiger partial charge in [0.15, 0.2) is 0 Å². The van der Waals surface area contributed by atoms with Gasteiger partial charge in [-0.3, -0.25) is 4.79 Å². The molecule has 1 N–H and O–H groups in total. The fourth-order valence-corrected chi connectivity index (χ4v) is 5.18. The van der Waals surface area contributed by atoms with Crippen LogP contribution in [-0.4, -0.2) is 38.8 Å². The van der Waals surface area contributed by atoms with Gasteiger partial charge in [0.25, 0.3) is 15.9 Å². The number of carbonyl (C=O) groups excluding carboxylic acids is 2. The molecular formula is C23H22N2O6S2. The number of ether oxygens (including phenoxy) is 2. The van der Waals surface area contributed by atoms with Gasteiger partial charge in [-0.25, -0.2) is 17.5 Å². The van der Waals surface area contributed by atoms with Crippen LogP contribution in [-0.2, 0) is 19.6 Å². The van der Waals surface area contributed by atoms with E-state index < -0.39 is 33.8 Å². The van der Waals surface area contributed by atoms with Crippen molar-refractivity contribution in [2.45, 2.75) is 11.1 Å². The Morgan fingerprint density at radius 2 is 1.67 bits per heavy atom. The Labute approximate surface area is 196 Å². The van der Waals surface area contributed by atoms with Crippen molar-refractivity contribution in [2.24, 2.45) is 0 Å². The van der Waals surface area contributed by atoms with E-state index in [9.17, 15) is 18.0 Å². The van der Waals surface area contributed by atoms with E-state index in [1.165, 1.54) is 42.7 Å². The van der Waals surface area contributed by atoms with Crippen molar-refractivity contribution in [3.8, 4) is 5.75 Å². The van der Waals surface area contributed by atoms with Crippen molar-refractivity contribution in [1.29, 1.82) is 0 Å². The van der Waals surface area contributed by atoms with Crippen LogP contribution < -0.4 is 10.1 Å². The molecule has 1 amide bonds. The molecule has 0 saturated carbocycles. The van der Waals surface area contributed by atoms with E-state index in [1.807, 2.05) is 0 Å². The van der Waals surface area contributed by atoms with Crippen LogP contribution in [0.1, 0.15) is 21.4 Å². The van der Waals surface area contributed by atoms with Crippen LogP contribution in [0, 0.1) is 0 Å². The molecule has 3 rings (SSSR count). The summed E-state index contributed by atoms with van der Waals surface area (Å²) < 4.78 is 38.1. The Balaban J connectivity index is 2.15. The summed E-state index contributed by atoms with van der Waals surface area (Å²) >= 11 is 1.20. The number of hydrogen-bond donors (Lipinski definition) is 1. The second kappa shape index (κ2) is 10.3. The highest BCUT2D eigenvalue weighted by Crippen LogP contribution is 2.31. The zero-order chi connectivity index (χ0) is 24.0. The number of nitrogens with zero attached hydrogens (tertiary/aromatic N) is 1. The summed E-state index contributed by atoms with van der Waals surface area (Å²) in [5.74, 6) is -1.01. The minimum atomic E-state index is -4.38. The van der Waals surface area contributed by atoms with Gasteiger partial charge in [-0.15, -0.1) is 11.3 Å². The summed E-state index contributed by atoms with van der Waals surface area (Å²) in [5.41, 5.74) is -0.0433. The standard InChI is InChI=1S/C23H22N2O6S2/c1-16(23(27)31-3)25(33(28,29)19-13-11-18(30-2)12-14-19)21(17-8-5-4-6-9-17)24-22(26)20-10-7-15-32-20/h4-15,21H,1H2,2-3H3,(H,24,26). The monoisotopic (exact) mass is 486 g/mol. The Morgan fingerprint density at radius 1 is 1.00 bits per heavy atom. The number of nitrogens with one attached hydrogen (secondary N) is 1. The van der Waals surface area contributed by atoms with Crippen LogP contribution in [0.15, 0.2) is 89.3 Å². The van der Waals surface area contributed by atoms with E-state index in [2.05, 4.69) is 11.9 Å². The molecule has 3 aromatic rings. The third-order valence-corrected chi connectivity index (χ3v) is 7.35. The van der Waals surface area contributed by atoms with Gasteiger partial charge < -0.3 is 14.8 Å². The topological polar surface area (TPSA) is 102 Å². The smallest absolute Gasteiger partial charge is 0.354 e. The molecule has 1 aromatic heterocycles. The van der Waals surface area contributed by atoms with Gasteiger partial charge in [0.05, 0.1) is 24.0 Å². The summed E-state index contributed by atoms with van der Waals surface area (Å²) in [7, 11) is -1.80. The van der Waals surface area contributed by atoms with E-state index in [-0.39, 0.29) is 4.90 Å². The highest BCUT2D eigenvalue weighted by molar-refractivity contribution is 7.89. The molecular weight excluding hydrogens is 464 g/mol. The van der Waals surface area contributed by atoms with Gasteiger partial charge in [0.2, 0.25) is 0 Å². The Bertz CT molecular complexity index is 1220. The minimum Gasteiger partial charge on any atom is -0.497 e. The molecule has 0 saturated heterocycles. The Hall–Kier alpha value is -3.63. The molecule has 0 radical (unpaired) electrons. The zero-order valence-corrected chi connectivity index (χ0v) is 19.6. The molecule has 0 spiro atoms. The number of thiophene rings is 1. The number of benzene rings is 2. The molecule has 0 aliphatic rings. The van der Waals surface area contributed by atoms with Gasteiger partial charge in [-0.05, 0) is 41.3 Å². The molecule has 1 unspecified atom stereocenters. The second-order valence-corrected chi connectivity index (χ2v) is 9.44. The van der Waals surface area contributed by atoms with E-state index in [1.54, 1.807) is 47.8 Å². The molecule has 172 valence electrons. The molecule has 8 nitrogen and oxygen atoms in total. The van der Waals surface area contributed by atoms with Gasteiger partial charge >= 0.3 is 5.97 Å². The summed E-state index contributed by atoms with van der Waals surface area (Å²) in [6.07, 6.45) is -1.28. The van der Waals surface area contributed by atoms with E-state index in [0.717, 1.165) is 11.4 Å². The number of carbonyl (C=O) groups is 2. The quantitative estimate of drug-likeness (QED) is 0.282. The van der Waals surface area contributed by atoms with Crippen molar-refractivity contribution in [3.05, 3.63) is 94.8 Å². The van der Waals surface area contributed by atoms with Crippen LogP contribution >= 0.6 is 11.3 Å². The summed E-state index contributed by atoms with van der Waals surface area (Å²) in [4.78, 5) is 25.6. The lowest BCUT2D eigenvalue weighted by atomic mass is 10.1. The first-order valence-electron chi connectivity index (χ1n) is 9.64. The van der Waals surface area contributed by atoms with Gasteiger partial charge in [0.1, 0.15) is 17.6 Å². The summed E-state index contributed by atoms with van der Waals surface area (Å²) in [6.45, 7) is 3.67. The Kier molecular flexibility index (Phi) is 7.52. The number of esters is 1. The summed E-state index contributed by atoms with van der Waals surface area (Å²) in [5, 5.41) is 4.45. The predicted molar refractivity (Wildman–Crippen MR) is 124 cm³/mol. The number of rotatable bonds is 9. The van der Waals surface area contributed by atoms with Crippen molar-refractivity contribution in [1.82, 2.24) is 9.62 Å². The fourth-order valence-electron chi connectivity index (χ4n) is 3.02. The molecule has 10 heteroatoms. The van der Waals surface area contributed by atoms with Crippen molar-refractivity contribution in [2.75, 3.05) is 14.2 Å². The maximum atomic E-state index is 13.7. The number of sulfonamides is 1. The highest BCUT2D eigenvalue weighted by Gasteiger charge is 2.37.